The van der Waals surface area contributed by atoms with E-state index in [9.17, 15) is 20.2 Å². The summed E-state index contributed by atoms with van der Waals surface area (Å²) in [5, 5.41) is 23.4. The van der Waals surface area contributed by atoms with Gasteiger partial charge in [0.05, 0.1) is 0 Å². The van der Waals surface area contributed by atoms with Crippen molar-refractivity contribution in [2.75, 3.05) is 0 Å². The van der Waals surface area contributed by atoms with E-state index in [2.05, 4.69) is 0 Å². The molecule has 0 radical (unpaired) electrons. The van der Waals surface area contributed by atoms with E-state index in [1.54, 1.807) is 0 Å². The van der Waals surface area contributed by atoms with Gasteiger partial charge in [-0.1, -0.05) is 24.3 Å². The quantitative estimate of drug-likeness (QED) is 0.612. The van der Waals surface area contributed by atoms with Crippen molar-refractivity contribution in [3.05, 3.63) is 55.6 Å². The normalized spacial score (nSPS) is 40.4. The highest BCUT2D eigenvalue weighted by atomic mass is 16.7. The van der Waals surface area contributed by atoms with Gasteiger partial charge in [-0.25, -0.2) is 0 Å². The van der Waals surface area contributed by atoms with Crippen LogP contribution in [0.5, 0.6) is 0 Å². The van der Waals surface area contributed by atoms with Crippen molar-refractivity contribution in [2.24, 2.45) is 0 Å². The highest BCUT2D eigenvalue weighted by molar-refractivity contribution is 5.42. The van der Waals surface area contributed by atoms with Crippen molar-refractivity contribution >= 4 is 0 Å². The summed E-state index contributed by atoms with van der Waals surface area (Å²) in [6.45, 7) is 0. The molecule has 0 saturated heterocycles. The third-order valence-electron chi connectivity index (χ3n) is 5.78. The Labute approximate surface area is 115 Å². The lowest BCUT2D eigenvalue weighted by Gasteiger charge is -2.24. The molecule has 1 aromatic carbocycles. The summed E-state index contributed by atoms with van der Waals surface area (Å²) < 4.78 is 0. The lowest BCUT2D eigenvalue weighted by molar-refractivity contribution is -0.673. The van der Waals surface area contributed by atoms with Gasteiger partial charge in [0.15, 0.2) is 0 Å². The Bertz CT molecular complexity index is 575. The van der Waals surface area contributed by atoms with Gasteiger partial charge >= 0.3 is 0 Å². The third-order valence-corrected chi connectivity index (χ3v) is 5.78. The summed E-state index contributed by atoms with van der Waals surface area (Å²) >= 11 is 0. The Morgan fingerprint density at radius 3 is 1.50 bits per heavy atom. The fourth-order valence-corrected chi connectivity index (χ4v) is 5.03. The smallest absolute Gasteiger partial charge is 0.264 e. The second-order valence-electron chi connectivity index (χ2n) is 6.42. The topological polar surface area (TPSA) is 86.3 Å². The van der Waals surface area contributed by atoms with Gasteiger partial charge in [-0.3, -0.25) is 20.2 Å². The van der Waals surface area contributed by atoms with E-state index < -0.39 is 11.1 Å². The van der Waals surface area contributed by atoms with E-state index in [-0.39, 0.29) is 21.7 Å². The molecule has 0 amide bonds. The van der Waals surface area contributed by atoms with E-state index in [0.29, 0.717) is 25.7 Å². The zero-order valence-corrected chi connectivity index (χ0v) is 10.8. The molecular formula is C14H14N2O4. The molecule has 0 spiro atoms. The molecule has 1 aromatic rings. The Kier molecular flexibility index (Phi) is 1.99. The molecule has 0 unspecified atom stereocenters. The minimum absolute atomic E-state index is 0.0468. The van der Waals surface area contributed by atoms with Crippen LogP contribution >= 0.6 is 0 Å². The summed E-state index contributed by atoms with van der Waals surface area (Å²) in [5.41, 5.74) is -0.541. The maximum absolute atomic E-state index is 11.7. The maximum atomic E-state index is 11.7. The first kappa shape index (κ1) is 11.8. The van der Waals surface area contributed by atoms with E-state index in [1.807, 2.05) is 24.3 Å². The molecule has 0 aromatic heterocycles. The molecule has 0 heterocycles. The van der Waals surface area contributed by atoms with Crippen molar-refractivity contribution in [2.45, 2.75) is 48.6 Å². The number of rotatable bonds is 2. The second-order valence-corrected chi connectivity index (χ2v) is 6.42. The van der Waals surface area contributed by atoms with Crippen LogP contribution in [0.2, 0.25) is 0 Å². The van der Waals surface area contributed by atoms with Crippen LogP contribution in [-0.4, -0.2) is 20.9 Å². The van der Waals surface area contributed by atoms with Crippen molar-refractivity contribution in [1.82, 2.24) is 0 Å². The lowest BCUT2D eigenvalue weighted by Crippen LogP contribution is -2.55. The molecule has 4 bridgehead atoms. The zero-order valence-electron chi connectivity index (χ0n) is 10.8. The van der Waals surface area contributed by atoms with E-state index >= 15 is 0 Å². The maximum Gasteiger partial charge on any atom is 0.291 e. The van der Waals surface area contributed by atoms with Crippen LogP contribution in [-0.2, 0) is 0 Å². The second kappa shape index (κ2) is 3.37. The first-order valence-corrected chi connectivity index (χ1v) is 6.88. The standard InChI is InChI=1S/C14H14N2O4/c17-15(18)13-5-9-6-14(13,16(19)20)8-10(7-13)12-4-2-1-3-11(9)12/h1-4,9-10H,5-8H2. The van der Waals surface area contributed by atoms with Gasteiger partial charge in [0.2, 0.25) is 0 Å². The van der Waals surface area contributed by atoms with Crippen LogP contribution < -0.4 is 0 Å². The summed E-state index contributed by atoms with van der Waals surface area (Å²) in [7, 11) is 0. The van der Waals surface area contributed by atoms with Gasteiger partial charge in [0, 0.05) is 35.5 Å². The van der Waals surface area contributed by atoms with Crippen molar-refractivity contribution < 1.29 is 9.85 Å². The Balaban J connectivity index is 1.98. The molecule has 4 aliphatic carbocycles. The van der Waals surface area contributed by atoms with E-state index in [1.165, 1.54) is 0 Å². The highest BCUT2D eigenvalue weighted by Crippen LogP contribution is 2.66. The molecule has 2 saturated carbocycles. The summed E-state index contributed by atoms with van der Waals surface area (Å²) in [4.78, 5) is 22.7. The summed E-state index contributed by atoms with van der Waals surface area (Å²) in [6.07, 6.45) is 1.26. The van der Waals surface area contributed by atoms with Gasteiger partial charge in [-0.05, 0) is 23.0 Å². The average molecular weight is 274 g/mol. The Morgan fingerprint density at radius 1 is 0.850 bits per heavy atom. The van der Waals surface area contributed by atoms with Crippen LogP contribution in [0, 0.1) is 20.2 Å². The van der Waals surface area contributed by atoms with Crippen LogP contribution in [0.3, 0.4) is 0 Å². The van der Waals surface area contributed by atoms with Gasteiger partial charge in [0.1, 0.15) is 0 Å². The molecule has 0 atom stereocenters. The molecule has 2 fully saturated rings. The number of hydrogen-bond acceptors (Lipinski definition) is 4. The molecular weight excluding hydrogens is 260 g/mol. The van der Waals surface area contributed by atoms with Gasteiger partial charge in [-0.2, -0.15) is 0 Å². The fourth-order valence-electron chi connectivity index (χ4n) is 5.03. The third kappa shape index (κ3) is 1.07. The molecule has 0 aliphatic heterocycles. The first-order chi connectivity index (χ1) is 9.50. The predicted molar refractivity (Wildman–Crippen MR) is 69.8 cm³/mol. The minimum atomic E-state index is -1.37. The number of hydrogen-bond donors (Lipinski definition) is 0. The molecule has 104 valence electrons. The minimum Gasteiger partial charge on any atom is -0.264 e. The molecule has 0 N–H and O–H groups in total. The van der Waals surface area contributed by atoms with Crippen molar-refractivity contribution in [3.8, 4) is 0 Å². The van der Waals surface area contributed by atoms with Crippen molar-refractivity contribution in [1.29, 1.82) is 0 Å². The van der Waals surface area contributed by atoms with E-state index in [0.717, 1.165) is 11.1 Å². The number of nitro groups is 2. The molecule has 20 heavy (non-hydrogen) atoms. The summed E-state index contributed by atoms with van der Waals surface area (Å²) in [5.74, 6) is -0.0935. The molecule has 6 heteroatoms. The number of nitrogens with zero attached hydrogens (tertiary/aromatic N) is 2. The van der Waals surface area contributed by atoms with Gasteiger partial charge in [-0.15, -0.1) is 0 Å². The predicted octanol–water partition coefficient (Wildman–Crippen LogP) is 2.49. The van der Waals surface area contributed by atoms with Crippen molar-refractivity contribution in [3.63, 3.8) is 0 Å². The Hall–Kier alpha value is -1.98. The average Bonchev–Trinajstić information content (AvgIpc) is 2.79. The highest BCUT2D eigenvalue weighted by Gasteiger charge is 2.81. The summed E-state index contributed by atoms with van der Waals surface area (Å²) in [6, 6.07) is 7.83. The molecule has 5 rings (SSSR count). The fraction of sp³-hybridized carbons (Fsp3) is 0.571. The van der Waals surface area contributed by atoms with Crippen LogP contribution in [0.25, 0.3) is 0 Å². The van der Waals surface area contributed by atoms with Crippen LogP contribution in [0.1, 0.15) is 48.6 Å². The van der Waals surface area contributed by atoms with Crippen LogP contribution in [0.4, 0.5) is 0 Å². The lowest BCUT2D eigenvalue weighted by atomic mass is 9.84. The van der Waals surface area contributed by atoms with E-state index in [4.69, 9.17) is 0 Å². The zero-order chi connectivity index (χ0) is 14.1. The monoisotopic (exact) mass is 274 g/mol. The SMILES string of the molecule is O=[N+]([O-])C12CC3CC1([N+](=O)[O-])CC(C2)c1ccccc13. The molecule has 6 nitrogen and oxygen atoms in total. The Morgan fingerprint density at radius 2 is 1.20 bits per heavy atom. The van der Waals surface area contributed by atoms with Crippen LogP contribution in [0.15, 0.2) is 24.3 Å². The first-order valence-electron chi connectivity index (χ1n) is 6.88. The largest absolute Gasteiger partial charge is 0.291 e. The van der Waals surface area contributed by atoms with Gasteiger partial charge < -0.3 is 0 Å². The van der Waals surface area contributed by atoms with Gasteiger partial charge in [0.25, 0.3) is 11.1 Å². The molecule has 4 aliphatic rings. The number of benzene rings is 1.